The predicted octanol–water partition coefficient (Wildman–Crippen LogP) is 9.36. The van der Waals surface area contributed by atoms with E-state index in [2.05, 4.69) is 11.7 Å². The molecule has 0 spiro atoms. The Morgan fingerprint density at radius 3 is 1.94 bits per heavy atom. The Kier molecular flexibility index (Phi) is 9.73. The van der Waals surface area contributed by atoms with Gasteiger partial charge in [-0.05, 0) is 79.9 Å². The molecule has 2 aliphatic rings. The van der Waals surface area contributed by atoms with Crippen molar-refractivity contribution in [1.82, 2.24) is 0 Å². The lowest BCUT2D eigenvalue weighted by Crippen LogP contribution is -2.33. The van der Waals surface area contributed by atoms with Gasteiger partial charge in [-0.1, -0.05) is 70.4 Å². The Balaban J connectivity index is 1.37. The van der Waals surface area contributed by atoms with Crippen LogP contribution in [0.3, 0.4) is 0 Å². The second-order valence-corrected chi connectivity index (χ2v) is 10.1. The summed E-state index contributed by atoms with van der Waals surface area (Å²) < 4.78 is 54.9. The molecule has 1 aromatic rings. The number of alkyl halides is 4. The third-order valence-electron chi connectivity index (χ3n) is 7.91. The van der Waals surface area contributed by atoms with Gasteiger partial charge < -0.3 is 4.74 Å². The molecule has 0 N–H and O–H groups in total. The molecular weight excluding hydrogens is 416 g/mol. The van der Waals surface area contributed by atoms with Crippen LogP contribution in [-0.4, -0.2) is 12.5 Å². The first-order chi connectivity index (χ1) is 15.4. The van der Waals surface area contributed by atoms with E-state index in [1.165, 1.54) is 89.2 Å². The summed E-state index contributed by atoms with van der Waals surface area (Å²) in [5.74, 6) is 2.86. The summed E-state index contributed by atoms with van der Waals surface area (Å²) in [6.45, 7) is 2.27. The van der Waals surface area contributed by atoms with Crippen molar-refractivity contribution in [3.8, 4) is 5.75 Å². The molecule has 32 heavy (non-hydrogen) atoms. The molecule has 182 valence electrons. The molecule has 2 aliphatic carbocycles. The highest BCUT2D eigenvalue weighted by Crippen LogP contribution is 2.44. The van der Waals surface area contributed by atoms with Crippen LogP contribution >= 0.6 is 0 Å². The third-order valence-corrected chi connectivity index (χ3v) is 7.91. The summed E-state index contributed by atoms with van der Waals surface area (Å²) in [6, 6.07) is 6.30. The Morgan fingerprint density at radius 1 is 0.812 bits per heavy atom. The Morgan fingerprint density at radius 2 is 1.38 bits per heavy atom. The molecule has 3 rings (SSSR count). The summed E-state index contributed by atoms with van der Waals surface area (Å²) in [6.07, 6.45) is 10.3. The van der Waals surface area contributed by atoms with E-state index < -0.39 is 12.5 Å². The van der Waals surface area contributed by atoms with Gasteiger partial charge in [-0.3, -0.25) is 0 Å². The zero-order valence-electron chi connectivity index (χ0n) is 19.5. The highest BCUT2D eigenvalue weighted by atomic mass is 19.3. The summed E-state index contributed by atoms with van der Waals surface area (Å²) >= 11 is 0. The smallest absolute Gasteiger partial charge is 0.428 e. The maximum absolute atomic E-state index is 13.1. The van der Waals surface area contributed by atoms with E-state index >= 15 is 0 Å². The molecule has 1 nitrogen and oxygen atoms in total. The maximum Gasteiger partial charge on any atom is 0.461 e. The molecule has 0 amide bonds. The first-order valence-electron chi connectivity index (χ1n) is 12.8. The van der Waals surface area contributed by atoms with Crippen LogP contribution in [0.15, 0.2) is 24.3 Å². The second-order valence-electron chi connectivity index (χ2n) is 10.1. The molecular formula is C27H40F4O. The molecule has 2 fully saturated rings. The molecule has 0 atom stereocenters. The largest absolute Gasteiger partial charge is 0.461 e. The molecule has 0 heterocycles. The topological polar surface area (TPSA) is 9.23 Å². The lowest BCUT2D eigenvalue weighted by Gasteiger charge is -2.38. The van der Waals surface area contributed by atoms with Crippen molar-refractivity contribution in [2.24, 2.45) is 17.8 Å². The fraction of sp³-hybridized carbons (Fsp3) is 0.778. The van der Waals surface area contributed by atoms with Crippen LogP contribution in [0, 0.1) is 17.8 Å². The SMILES string of the molecule is CCCCCCCC1CCC(C2CCC(c3ccc(OC(F)(F)C(F)F)cc3)CC2)CC1. The number of ether oxygens (including phenoxy) is 1. The molecule has 2 saturated carbocycles. The molecule has 0 aliphatic heterocycles. The lowest BCUT2D eigenvalue weighted by molar-refractivity contribution is -0.253. The Hall–Kier alpha value is -1.26. The predicted molar refractivity (Wildman–Crippen MR) is 122 cm³/mol. The van der Waals surface area contributed by atoms with E-state index in [0.717, 1.165) is 36.2 Å². The van der Waals surface area contributed by atoms with Crippen molar-refractivity contribution >= 4 is 0 Å². The van der Waals surface area contributed by atoms with E-state index in [1.807, 2.05) is 0 Å². The van der Waals surface area contributed by atoms with Gasteiger partial charge in [0.1, 0.15) is 5.75 Å². The van der Waals surface area contributed by atoms with E-state index in [9.17, 15) is 17.6 Å². The summed E-state index contributed by atoms with van der Waals surface area (Å²) in [7, 11) is 0. The van der Waals surface area contributed by atoms with Crippen LogP contribution in [0.5, 0.6) is 5.75 Å². The summed E-state index contributed by atoms with van der Waals surface area (Å²) in [4.78, 5) is 0. The zero-order chi connectivity index (χ0) is 23.0. The average molecular weight is 457 g/mol. The van der Waals surface area contributed by atoms with Crippen LogP contribution in [-0.2, 0) is 0 Å². The van der Waals surface area contributed by atoms with Crippen molar-refractivity contribution in [3.05, 3.63) is 29.8 Å². The van der Waals surface area contributed by atoms with Crippen molar-refractivity contribution in [1.29, 1.82) is 0 Å². The first-order valence-corrected chi connectivity index (χ1v) is 12.8. The highest BCUT2D eigenvalue weighted by molar-refractivity contribution is 5.30. The average Bonchev–Trinajstić information content (AvgIpc) is 2.80. The van der Waals surface area contributed by atoms with Crippen LogP contribution in [0.1, 0.15) is 108 Å². The molecule has 0 radical (unpaired) electrons. The number of unbranched alkanes of at least 4 members (excludes halogenated alkanes) is 4. The van der Waals surface area contributed by atoms with Gasteiger partial charge in [-0.25, -0.2) is 0 Å². The van der Waals surface area contributed by atoms with Gasteiger partial charge in [-0.2, -0.15) is 17.6 Å². The van der Waals surface area contributed by atoms with Crippen molar-refractivity contribution in [2.45, 2.75) is 115 Å². The van der Waals surface area contributed by atoms with Gasteiger partial charge in [0.2, 0.25) is 0 Å². The molecule has 0 saturated heterocycles. The standard InChI is InChI=1S/C27H40F4O/c1-2-3-4-5-6-7-20-8-10-21(11-9-20)22-12-14-23(15-13-22)24-16-18-25(19-17-24)32-27(30,31)26(28)29/h16-23,26H,2-15H2,1H3. The monoisotopic (exact) mass is 456 g/mol. The van der Waals surface area contributed by atoms with E-state index in [0.29, 0.717) is 5.92 Å². The van der Waals surface area contributed by atoms with Gasteiger partial charge in [0, 0.05) is 0 Å². The van der Waals surface area contributed by atoms with Crippen molar-refractivity contribution in [2.75, 3.05) is 0 Å². The van der Waals surface area contributed by atoms with Crippen LogP contribution in [0.4, 0.5) is 17.6 Å². The molecule has 0 bridgehead atoms. The third kappa shape index (κ3) is 7.38. The maximum atomic E-state index is 13.1. The fourth-order valence-corrected chi connectivity index (χ4v) is 5.92. The van der Waals surface area contributed by atoms with E-state index in [1.54, 1.807) is 12.1 Å². The minimum Gasteiger partial charge on any atom is -0.428 e. The second kappa shape index (κ2) is 12.3. The van der Waals surface area contributed by atoms with E-state index in [4.69, 9.17) is 0 Å². The van der Waals surface area contributed by atoms with Gasteiger partial charge in [0.25, 0.3) is 0 Å². The molecule has 0 unspecified atom stereocenters. The molecule has 0 aromatic heterocycles. The summed E-state index contributed by atoms with van der Waals surface area (Å²) in [5, 5.41) is 0. The lowest BCUT2D eigenvalue weighted by atomic mass is 9.68. The Labute approximate surface area is 191 Å². The van der Waals surface area contributed by atoms with Crippen LogP contribution in [0.25, 0.3) is 0 Å². The zero-order valence-corrected chi connectivity index (χ0v) is 19.5. The molecule has 1 aromatic carbocycles. The summed E-state index contributed by atoms with van der Waals surface area (Å²) in [5.41, 5.74) is 1.10. The normalized spacial score (nSPS) is 26.9. The van der Waals surface area contributed by atoms with Gasteiger partial charge >= 0.3 is 12.5 Å². The van der Waals surface area contributed by atoms with Crippen LogP contribution < -0.4 is 4.74 Å². The number of rotatable bonds is 11. The quantitative estimate of drug-likeness (QED) is 0.238. The van der Waals surface area contributed by atoms with Gasteiger partial charge in [0.05, 0.1) is 0 Å². The minimum atomic E-state index is -4.45. The minimum absolute atomic E-state index is 0.213. The number of halogens is 4. The number of benzene rings is 1. The Bertz CT molecular complexity index is 644. The first kappa shape index (κ1) is 25.4. The number of hydrogen-bond donors (Lipinski definition) is 0. The number of hydrogen-bond acceptors (Lipinski definition) is 1. The van der Waals surface area contributed by atoms with Gasteiger partial charge in [-0.15, -0.1) is 0 Å². The molecule has 5 heteroatoms. The fourth-order valence-electron chi connectivity index (χ4n) is 5.92. The van der Waals surface area contributed by atoms with Gasteiger partial charge in [0.15, 0.2) is 0 Å². The van der Waals surface area contributed by atoms with Crippen molar-refractivity contribution < 1.29 is 22.3 Å². The van der Waals surface area contributed by atoms with Crippen molar-refractivity contribution in [3.63, 3.8) is 0 Å². The van der Waals surface area contributed by atoms with Crippen LogP contribution in [0.2, 0.25) is 0 Å². The highest BCUT2D eigenvalue weighted by Gasteiger charge is 2.44. The van der Waals surface area contributed by atoms with E-state index in [-0.39, 0.29) is 5.75 Å².